The van der Waals surface area contributed by atoms with Crippen LogP contribution in [0.2, 0.25) is 0 Å². The van der Waals surface area contributed by atoms with Gasteiger partial charge in [-0.2, -0.15) is 0 Å². The fourth-order valence-electron chi connectivity index (χ4n) is 2.54. The van der Waals surface area contributed by atoms with Crippen molar-refractivity contribution in [3.8, 4) is 0 Å². The minimum Gasteiger partial charge on any atom is -0.378 e. The predicted octanol–water partition coefficient (Wildman–Crippen LogP) is 1.19. The van der Waals surface area contributed by atoms with E-state index in [0.29, 0.717) is 5.56 Å². The molecule has 1 aromatic carbocycles. The first kappa shape index (κ1) is 12.9. The molecule has 3 rings (SSSR count). The van der Waals surface area contributed by atoms with Crippen LogP contribution in [0, 0.1) is 0 Å². The molecule has 1 unspecified atom stereocenters. The second kappa shape index (κ2) is 4.77. The molecular weight excluding hydrogens is 310 g/mol. The maximum Gasteiger partial charge on any atom is 0.257 e. The number of piperazine rings is 1. The molecule has 0 aliphatic carbocycles. The summed E-state index contributed by atoms with van der Waals surface area (Å²) in [7, 11) is 2.12. The Morgan fingerprint density at radius 1 is 1.32 bits per heavy atom. The maximum atomic E-state index is 11.5. The number of benzene rings is 1. The first-order valence-corrected chi connectivity index (χ1v) is 7.11. The lowest BCUT2D eigenvalue weighted by atomic mass is 10.1. The fraction of sp³-hybridized carbons (Fsp3) is 0.462. The monoisotopic (exact) mass is 325 g/mol. The lowest BCUT2D eigenvalue weighted by Gasteiger charge is -2.34. The van der Waals surface area contributed by atoms with E-state index in [1.807, 2.05) is 12.1 Å². The summed E-state index contributed by atoms with van der Waals surface area (Å²) in [6.45, 7) is 3.98. The molecule has 0 aromatic heterocycles. The Morgan fingerprint density at radius 3 is 2.68 bits per heavy atom. The molecule has 2 aliphatic rings. The fourth-order valence-corrected chi connectivity index (χ4v) is 3.16. The third-order valence-electron chi connectivity index (χ3n) is 3.76. The van der Waals surface area contributed by atoms with Gasteiger partial charge < -0.3 is 20.2 Å². The molecule has 1 atom stereocenters. The summed E-state index contributed by atoms with van der Waals surface area (Å²) in [4.78, 5) is 16.1. The smallest absolute Gasteiger partial charge is 0.257 e. The van der Waals surface area contributed by atoms with Crippen molar-refractivity contribution in [1.29, 1.82) is 0 Å². The number of nitrogens with zero attached hydrogens (tertiary/aromatic N) is 2. The van der Waals surface area contributed by atoms with E-state index in [2.05, 4.69) is 38.1 Å². The van der Waals surface area contributed by atoms with Crippen LogP contribution in [0.3, 0.4) is 0 Å². The largest absolute Gasteiger partial charge is 0.378 e. The molecule has 1 aromatic rings. The second-order valence-corrected chi connectivity index (χ2v) is 5.93. The Morgan fingerprint density at radius 2 is 2.00 bits per heavy atom. The Labute approximate surface area is 120 Å². The van der Waals surface area contributed by atoms with Gasteiger partial charge in [0.15, 0.2) is 6.10 Å². The molecule has 5 nitrogen and oxygen atoms in total. The number of carbonyl (C=O) groups is 1. The second-order valence-electron chi connectivity index (χ2n) is 5.07. The zero-order chi connectivity index (χ0) is 13.6. The van der Waals surface area contributed by atoms with Gasteiger partial charge in [-0.05, 0) is 35.1 Å². The molecule has 0 spiro atoms. The standard InChI is InChI=1S/C13H16BrN3O2/c1-16-2-4-17(5-3-16)11-7-10-8(6-9(11)14)12(18)13(19)15-10/h6-7,12,18H,2-5H2,1H3,(H,15,19). The number of aliphatic hydroxyl groups is 1. The molecule has 1 amide bonds. The van der Waals surface area contributed by atoms with Crippen LogP contribution in [-0.4, -0.2) is 49.1 Å². The summed E-state index contributed by atoms with van der Waals surface area (Å²) in [5.41, 5.74) is 2.44. The number of carbonyl (C=O) groups excluding carboxylic acids is 1. The van der Waals surface area contributed by atoms with Crippen molar-refractivity contribution in [2.45, 2.75) is 6.10 Å². The van der Waals surface area contributed by atoms with Gasteiger partial charge in [-0.3, -0.25) is 4.79 Å². The van der Waals surface area contributed by atoms with Crippen LogP contribution in [0.15, 0.2) is 16.6 Å². The van der Waals surface area contributed by atoms with Crippen molar-refractivity contribution in [2.24, 2.45) is 0 Å². The maximum absolute atomic E-state index is 11.5. The summed E-state index contributed by atoms with van der Waals surface area (Å²) in [5.74, 6) is -0.350. The number of aliphatic hydroxyl groups excluding tert-OH is 1. The number of hydrogen-bond donors (Lipinski definition) is 2. The predicted molar refractivity (Wildman–Crippen MR) is 77.4 cm³/mol. The van der Waals surface area contributed by atoms with Gasteiger partial charge in [0.25, 0.3) is 5.91 Å². The SMILES string of the molecule is CN1CCN(c2cc3c(cc2Br)C(O)C(=O)N3)CC1. The zero-order valence-electron chi connectivity index (χ0n) is 10.7. The van der Waals surface area contributed by atoms with Gasteiger partial charge in [0.2, 0.25) is 0 Å². The average molecular weight is 326 g/mol. The highest BCUT2D eigenvalue weighted by Crippen LogP contribution is 2.39. The number of anilines is 2. The summed E-state index contributed by atoms with van der Waals surface area (Å²) >= 11 is 3.54. The minimum absolute atomic E-state index is 0.350. The van der Waals surface area contributed by atoms with Crippen molar-refractivity contribution in [3.05, 3.63) is 22.2 Å². The van der Waals surface area contributed by atoms with Crippen LogP contribution >= 0.6 is 15.9 Å². The van der Waals surface area contributed by atoms with Crippen molar-refractivity contribution in [1.82, 2.24) is 4.90 Å². The van der Waals surface area contributed by atoms with Crippen LogP contribution in [0.5, 0.6) is 0 Å². The van der Waals surface area contributed by atoms with E-state index in [0.717, 1.165) is 42.0 Å². The first-order chi connectivity index (χ1) is 9.06. The average Bonchev–Trinajstić information content (AvgIpc) is 2.66. The highest BCUT2D eigenvalue weighted by Gasteiger charge is 2.30. The molecule has 2 aliphatic heterocycles. The number of halogens is 1. The molecule has 1 saturated heterocycles. The van der Waals surface area contributed by atoms with Crippen LogP contribution in [0.1, 0.15) is 11.7 Å². The lowest BCUT2D eigenvalue weighted by molar-refractivity contribution is -0.123. The number of hydrogen-bond acceptors (Lipinski definition) is 4. The van der Waals surface area contributed by atoms with Gasteiger partial charge in [-0.15, -0.1) is 0 Å². The van der Waals surface area contributed by atoms with Gasteiger partial charge in [-0.25, -0.2) is 0 Å². The molecule has 6 heteroatoms. The normalized spacial score (nSPS) is 23.4. The van der Waals surface area contributed by atoms with Gasteiger partial charge >= 0.3 is 0 Å². The van der Waals surface area contributed by atoms with E-state index >= 15 is 0 Å². The molecule has 1 fully saturated rings. The van der Waals surface area contributed by atoms with Crippen molar-refractivity contribution < 1.29 is 9.90 Å². The molecule has 0 bridgehead atoms. The van der Waals surface area contributed by atoms with Gasteiger partial charge in [0.05, 0.1) is 5.69 Å². The van der Waals surface area contributed by atoms with E-state index in [1.54, 1.807) is 0 Å². The third kappa shape index (κ3) is 2.24. The molecule has 0 saturated carbocycles. The Balaban J connectivity index is 1.92. The lowest BCUT2D eigenvalue weighted by Crippen LogP contribution is -2.44. The minimum atomic E-state index is -1.05. The summed E-state index contributed by atoms with van der Waals surface area (Å²) < 4.78 is 0.923. The van der Waals surface area contributed by atoms with Crippen LogP contribution in [0.4, 0.5) is 11.4 Å². The first-order valence-electron chi connectivity index (χ1n) is 6.32. The highest BCUT2D eigenvalue weighted by atomic mass is 79.9. The zero-order valence-corrected chi connectivity index (χ0v) is 12.3. The number of fused-ring (bicyclic) bond motifs is 1. The highest BCUT2D eigenvalue weighted by molar-refractivity contribution is 9.10. The number of nitrogens with one attached hydrogen (secondary N) is 1. The van der Waals surface area contributed by atoms with Crippen molar-refractivity contribution >= 4 is 33.2 Å². The Hall–Kier alpha value is -1.11. The summed E-state index contributed by atoms with van der Waals surface area (Å²) in [5, 5.41) is 12.5. The molecule has 2 heterocycles. The quantitative estimate of drug-likeness (QED) is 0.814. The number of amides is 1. The topological polar surface area (TPSA) is 55.8 Å². The van der Waals surface area contributed by atoms with Crippen LogP contribution < -0.4 is 10.2 Å². The van der Waals surface area contributed by atoms with Gasteiger partial charge in [-0.1, -0.05) is 0 Å². The van der Waals surface area contributed by atoms with E-state index < -0.39 is 6.10 Å². The van der Waals surface area contributed by atoms with Crippen molar-refractivity contribution in [2.75, 3.05) is 43.4 Å². The van der Waals surface area contributed by atoms with E-state index in [1.165, 1.54) is 0 Å². The summed E-state index contributed by atoms with van der Waals surface area (Å²) in [6, 6.07) is 3.78. The van der Waals surface area contributed by atoms with Crippen LogP contribution in [0.25, 0.3) is 0 Å². The van der Waals surface area contributed by atoms with Gasteiger partial charge in [0, 0.05) is 41.9 Å². The number of rotatable bonds is 1. The molecular formula is C13H16BrN3O2. The molecule has 19 heavy (non-hydrogen) atoms. The number of likely N-dealkylation sites (N-methyl/N-ethyl adjacent to an activating group) is 1. The molecule has 2 N–H and O–H groups in total. The van der Waals surface area contributed by atoms with E-state index in [9.17, 15) is 9.90 Å². The Bertz CT molecular complexity index is 527. The van der Waals surface area contributed by atoms with Gasteiger partial charge in [0.1, 0.15) is 0 Å². The van der Waals surface area contributed by atoms with Crippen molar-refractivity contribution in [3.63, 3.8) is 0 Å². The van der Waals surface area contributed by atoms with E-state index in [4.69, 9.17) is 0 Å². The summed E-state index contributed by atoms with van der Waals surface area (Å²) in [6.07, 6.45) is -1.05. The molecule has 102 valence electrons. The van der Waals surface area contributed by atoms with E-state index in [-0.39, 0.29) is 5.91 Å². The van der Waals surface area contributed by atoms with Crippen LogP contribution in [-0.2, 0) is 4.79 Å². The third-order valence-corrected chi connectivity index (χ3v) is 4.40. The Kier molecular flexibility index (Phi) is 3.24. The molecule has 0 radical (unpaired) electrons.